The van der Waals surface area contributed by atoms with Gasteiger partial charge in [-0.2, -0.15) is 43.7 Å². The van der Waals surface area contributed by atoms with Gasteiger partial charge in [0.05, 0.1) is 6.04 Å². The first kappa shape index (κ1) is 28.0. The third-order valence-electron chi connectivity index (χ3n) is 4.57. The van der Waals surface area contributed by atoms with Gasteiger partial charge < -0.3 is 20.7 Å². The predicted molar refractivity (Wildman–Crippen MR) is 119 cm³/mol. The normalized spacial score (nSPS) is 17.1. The van der Waals surface area contributed by atoms with Gasteiger partial charge in [0.15, 0.2) is 0 Å². The van der Waals surface area contributed by atoms with Crippen molar-refractivity contribution in [2.24, 2.45) is 11.8 Å². The maximum Gasteiger partial charge on any atom is 2.00 e. The Labute approximate surface area is 205 Å². The molecule has 5 nitrogen and oxygen atoms in total. The van der Waals surface area contributed by atoms with E-state index in [-0.39, 0.29) is 43.1 Å². The Bertz CT molecular complexity index is 613. The first-order valence-corrected chi connectivity index (χ1v) is 10.3. The molecule has 0 spiro atoms. The van der Waals surface area contributed by atoms with E-state index in [0.29, 0.717) is 24.0 Å². The Kier molecular flexibility index (Phi) is 15.2. The molecule has 0 aromatic heterocycles. The number of rotatable bonds is 9. The van der Waals surface area contributed by atoms with Crippen molar-refractivity contribution < 1.29 is 40.7 Å². The molecule has 2 rings (SSSR count). The van der Waals surface area contributed by atoms with Crippen molar-refractivity contribution in [2.45, 2.75) is 45.2 Å². The molecular formula is C22H33N3O2SU. The molecule has 3 N–H and O–H groups in total. The van der Waals surface area contributed by atoms with E-state index in [1.54, 1.807) is 6.41 Å². The Morgan fingerprint density at radius 3 is 2.45 bits per heavy atom. The van der Waals surface area contributed by atoms with E-state index in [2.05, 4.69) is 42.1 Å². The minimum Gasteiger partial charge on any atom is -0.520 e. The topological polar surface area (TPSA) is 70.2 Å². The summed E-state index contributed by atoms with van der Waals surface area (Å²) in [6, 6.07) is 9.32. The molecule has 7 heteroatoms. The molecule has 1 saturated heterocycles. The van der Waals surface area contributed by atoms with Crippen LogP contribution >= 0.6 is 12.6 Å². The summed E-state index contributed by atoms with van der Waals surface area (Å²) < 4.78 is 0. The van der Waals surface area contributed by atoms with Crippen LogP contribution in [0.25, 0.3) is 0 Å². The summed E-state index contributed by atoms with van der Waals surface area (Å²) in [4.78, 5) is 22.8. The van der Waals surface area contributed by atoms with Crippen molar-refractivity contribution in [2.75, 3.05) is 12.3 Å². The number of thiol groups is 1. The zero-order chi connectivity index (χ0) is 20.9. The zero-order valence-corrected chi connectivity index (χ0v) is 22.5. The molecule has 158 valence electrons. The molecule has 1 heterocycles. The second-order valence-electron chi connectivity index (χ2n) is 7.48. The van der Waals surface area contributed by atoms with Gasteiger partial charge in [0, 0.05) is 30.0 Å². The molecule has 0 saturated carbocycles. The SMILES string of the molecule is C=C1NCC[C@H]1C[C@@H](CS)NC(=O)[C@H](CC(C)C)N[C-]=O.[CH2-]c1ccccc1.[U+2]. The van der Waals surface area contributed by atoms with E-state index in [9.17, 15) is 9.59 Å². The molecule has 3 atom stereocenters. The quantitative estimate of drug-likeness (QED) is 0.191. The number of allylic oxidation sites excluding steroid dienone is 1. The fourth-order valence-corrected chi connectivity index (χ4v) is 3.30. The molecule has 1 aliphatic heterocycles. The number of amides is 2. The molecule has 2 amide bonds. The third-order valence-corrected chi connectivity index (χ3v) is 5.01. The molecule has 1 fully saturated rings. The molecule has 1 aromatic rings. The van der Waals surface area contributed by atoms with Crippen molar-refractivity contribution >= 4 is 24.9 Å². The van der Waals surface area contributed by atoms with Gasteiger partial charge in [-0.1, -0.05) is 26.5 Å². The fourth-order valence-electron chi connectivity index (χ4n) is 3.06. The summed E-state index contributed by atoms with van der Waals surface area (Å²) in [5, 5.41) is 8.68. The number of carbonyl (C=O) groups excluding carboxylic acids is 2. The monoisotopic (exact) mass is 641 g/mol. The van der Waals surface area contributed by atoms with Crippen LogP contribution in [0.3, 0.4) is 0 Å². The average molecular weight is 642 g/mol. The summed E-state index contributed by atoms with van der Waals surface area (Å²) >= 11 is 4.32. The van der Waals surface area contributed by atoms with Crippen LogP contribution < -0.4 is 16.0 Å². The van der Waals surface area contributed by atoms with Crippen molar-refractivity contribution in [3.8, 4) is 0 Å². The van der Waals surface area contributed by atoms with Crippen molar-refractivity contribution in [3.05, 3.63) is 55.1 Å². The van der Waals surface area contributed by atoms with Gasteiger partial charge in [0.25, 0.3) is 0 Å². The molecule has 0 radical (unpaired) electrons. The molecular weight excluding hydrogens is 608 g/mol. The Morgan fingerprint density at radius 2 is 2.03 bits per heavy atom. The standard InChI is InChI=1S/C15H26N3O2S.C7H7.U/c1-10(2)6-14(17-9-19)15(20)18-13(8-21)7-12-4-5-16-11(12)3;1-7-5-3-2-4-6-7;/h10,12-14,16,21H,3-8H2,1-2H3,(H,17,19)(H,18,20);2-6H,1H2;/q2*-1;+2/t12-,13-,14-;;/m0../s1. The summed E-state index contributed by atoms with van der Waals surface area (Å²) in [7, 11) is 0. The smallest absolute Gasteiger partial charge is 0.520 e. The summed E-state index contributed by atoms with van der Waals surface area (Å²) in [5.74, 6) is 1.09. The van der Waals surface area contributed by atoms with E-state index in [1.165, 1.54) is 0 Å². The van der Waals surface area contributed by atoms with Crippen LogP contribution in [0, 0.1) is 49.9 Å². The van der Waals surface area contributed by atoms with Crippen molar-refractivity contribution in [1.82, 2.24) is 16.0 Å². The maximum absolute atomic E-state index is 12.3. The van der Waals surface area contributed by atoms with Gasteiger partial charge in [-0.3, -0.25) is 4.79 Å². The van der Waals surface area contributed by atoms with Crippen LogP contribution in [0.1, 0.15) is 38.7 Å². The number of benzene rings is 1. The van der Waals surface area contributed by atoms with E-state index in [0.717, 1.165) is 30.6 Å². The minimum atomic E-state index is -0.533. The second kappa shape index (κ2) is 15.8. The van der Waals surface area contributed by atoms with Crippen LogP contribution in [0.4, 0.5) is 0 Å². The first-order valence-electron chi connectivity index (χ1n) is 9.70. The van der Waals surface area contributed by atoms with E-state index < -0.39 is 6.04 Å². The largest absolute Gasteiger partial charge is 2.00 e. The molecule has 1 aromatic carbocycles. The second-order valence-corrected chi connectivity index (χ2v) is 7.84. The molecule has 0 aliphatic carbocycles. The number of nitrogens with one attached hydrogen (secondary N) is 3. The summed E-state index contributed by atoms with van der Waals surface area (Å²) in [5.41, 5.74) is 2.11. The van der Waals surface area contributed by atoms with Gasteiger partial charge >= 0.3 is 31.1 Å². The van der Waals surface area contributed by atoms with E-state index in [1.807, 2.05) is 44.2 Å². The van der Waals surface area contributed by atoms with Gasteiger partial charge in [-0.15, -0.1) is 12.1 Å². The first-order chi connectivity index (χ1) is 13.4. The Morgan fingerprint density at radius 1 is 1.38 bits per heavy atom. The summed E-state index contributed by atoms with van der Waals surface area (Å²) in [6.45, 7) is 12.7. The van der Waals surface area contributed by atoms with Crippen molar-refractivity contribution in [3.63, 3.8) is 0 Å². The molecule has 0 unspecified atom stereocenters. The predicted octanol–water partition coefficient (Wildman–Crippen LogP) is 2.85. The van der Waals surface area contributed by atoms with Crippen LogP contribution in [-0.2, 0) is 9.59 Å². The third kappa shape index (κ3) is 11.7. The van der Waals surface area contributed by atoms with Crippen LogP contribution in [0.5, 0.6) is 0 Å². The number of hydrogen-bond acceptors (Lipinski definition) is 4. The van der Waals surface area contributed by atoms with Gasteiger partial charge in [-0.25, -0.2) is 0 Å². The van der Waals surface area contributed by atoms with Gasteiger partial charge in [0.1, 0.15) is 0 Å². The fraction of sp³-hybridized carbons (Fsp3) is 0.500. The van der Waals surface area contributed by atoms with Crippen LogP contribution in [0.2, 0.25) is 0 Å². The van der Waals surface area contributed by atoms with Crippen molar-refractivity contribution in [1.29, 1.82) is 0 Å². The molecule has 0 bridgehead atoms. The molecule has 1 aliphatic rings. The minimum absolute atomic E-state index is 0. The Hall–Kier alpha value is -1.03. The zero-order valence-electron chi connectivity index (χ0n) is 17.4. The van der Waals surface area contributed by atoms with Gasteiger partial charge in [-0.05, 0) is 25.2 Å². The molecule has 29 heavy (non-hydrogen) atoms. The maximum atomic E-state index is 12.3. The number of carbonyl (C=O) groups is 1. The van der Waals surface area contributed by atoms with E-state index >= 15 is 0 Å². The van der Waals surface area contributed by atoms with Crippen LogP contribution in [0.15, 0.2) is 42.6 Å². The van der Waals surface area contributed by atoms with Crippen LogP contribution in [-0.4, -0.2) is 36.7 Å². The van der Waals surface area contributed by atoms with E-state index in [4.69, 9.17) is 0 Å². The number of hydrogen-bond donors (Lipinski definition) is 4. The average Bonchev–Trinajstić information content (AvgIpc) is 3.06. The van der Waals surface area contributed by atoms with Gasteiger partial charge in [0.2, 0.25) is 5.91 Å². The Balaban J connectivity index is 0.000000824. The summed E-state index contributed by atoms with van der Waals surface area (Å²) in [6.07, 6.45) is 4.07.